The van der Waals surface area contributed by atoms with Crippen molar-refractivity contribution in [3.63, 3.8) is 0 Å². The molecule has 1 aromatic rings. The van der Waals surface area contributed by atoms with E-state index in [1.165, 1.54) is 11.1 Å². The number of hydrogen-bond acceptors (Lipinski definition) is 2. The molecule has 0 aliphatic heterocycles. The van der Waals surface area contributed by atoms with Crippen LogP contribution in [-0.2, 0) is 4.74 Å². The molecular weight excluding hydrogens is 198 g/mol. The Bertz CT molecular complexity index is 273. The summed E-state index contributed by atoms with van der Waals surface area (Å²) >= 11 is 0. The normalized spacial score (nSPS) is 12.7. The van der Waals surface area contributed by atoms with Crippen molar-refractivity contribution in [2.75, 3.05) is 19.8 Å². The Balaban J connectivity index is 2.62. The minimum atomic E-state index is 0.320. The third-order valence-corrected chi connectivity index (χ3v) is 2.61. The Labute approximate surface area is 99.0 Å². The number of aryl methyl sites for hydroxylation is 1. The van der Waals surface area contributed by atoms with Crippen LogP contribution in [0.2, 0.25) is 0 Å². The second kappa shape index (κ2) is 7.42. The lowest BCUT2D eigenvalue weighted by Gasteiger charge is -2.18. The number of nitrogens with one attached hydrogen (secondary N) is 1. The van der Waals surface area contributed by atoms with E-state index < -0.39 is 0 Å². The zero-order chi connectivity index (χ0) is 11.8. The van der Waals surface area contributed by atoms with E-state index in [9.17, 15) is 0 Å². The highest BCUT2D eigenvalue weighted by molar-refractivity contribution is 5.24. The molecule has 0 radical (unpaired) electrons. The molecule has 1 aromatic carbocycles. The van der Waals surface area contributed by atoms with E-state index >= 15 is 0 Å². The van der Waals surface area contributed by atoms with Gasteiger partial charge in [0.05, 0.1) is 12.6 Å². The van der Waals surface area contributed by atoms with Crippen molar-refractivity contribution >= 4 is 0 Å². The highest BCUT2D eigenvalue weighted by Crippen LogP contribution is 2.14. The third kappa shape index (κ3) is 4.33. The van der Waals surface area contributed by atoms with Crippen molar-refractivity contribution in [3.05, 3.63) is 35.4 Å². The van der Waals surface area contributed by atoms with Gasteiger partial charge in [0.2, 0.25) is 0 Å². The van der Waals surface area contributed by atoms with Crippen molar-refractivity contribution in [1.29, 1.82) is 0 Å². The summed E-state index contributed by atoms with van der Waals surface area (Å²) in [4.78, 5) is 0. The maximum atomic E-state index is 5.51. The van der Waals surface area contributed by atoms with Gasteiger partial charge in [0, 0.05) is 6.61 Å². The third-order valence-electron chi connectivity index (χ3n) is 2.61. The first-order chi connectivity index (χ1) is 7.77. The quantitative estimate of drug-likeness (QED) is 0.764. The Morgan fingerprint density at radius 2 is 1.88 bits per heavy atom. The first-order valence-electron chi connectivity index (χ1n) is 6.15. The molecule has 0 fully saturated rings. The van der Waals surface area contributed by atoms with Crippen molar-refractivity contribution < 1.29 is 4.74 Å². The number of benzene rings is 1. The van der Waals surface area contributed by atoms with Crippen molar-refractivity contribution in [1.82, 2.24) is 5.32 Å². The van der Waals surface area contributed by atoms with Gasteiger partial charge in [-0.15, -0.1) is 0 Å². The van der Waals surface area contributed by atoms with Crippen LogP contribution in [0.25, 0.3) is 0 Å². The van der Waals surface area contributed by atoms with Crippen LogP contribution in [0, 0.1) is 6.92 Å². The highest BCUT2D eigenvalue weighted by Gasteiger charge is 2.09. The molecule has 1 rings (SSSR count). The van der Waals surface area contributed by atoms with E-state index in [1.54, 1.807) is 0 Å². The summed E-state index contributed by atoms with van der Waals surface area (Å²) < 4.78 is 5.51. The zero-order valence-electron chi connectivity index (χ0n) is 10.6. The average Bonchev–Trinajstić information content (AvgIpc) is 2.31. The molecule has 0 aliphatic rings. The van der Waals surface area contributed by atoms with Crippen LogP contribution >= 0.6 is 0 Å². The van der Waals surface area contributed by atoms with Crippen molar-refractivity contribution in [3.8, 4) is 0 Å². The van der Waals surface area contributed by atoms with Crippen molar-refractivity contribution in [2.45, 2.75) is 33.2 Å². The Morgan fingerprint density at radius 3 is 2.44 bits per heavy atom. The SMILES string of the molecule is CCCNC(COCC)c1ccc(C)cc1. The fourth-order valence-corrected chi connectivity index (χ4v) is 1.63. The fourth-order valence-electron chi connectivity index (χ4n) is 1.63. The topological polar surface area (TPSA) is 21.3 Å². The molecule has 0 bridgehead atoms. The number of rotatable bonds is 7. The Kier molecular flexibility index (Phi) is 6.12. The molecule has 1 N–H and O–H groups in total. The molecule has 2 nitrogen and oxygen atoms in total. The van der Waals surface area contributed by atoms with Gasteiger partial charge in [0.25, 0.3) is 0 Å². The van der Waals surface area contributed by atoms with Gasteiger partial charge in [-0.2, -0.15) is 0 Å². The molecule has 0 saturated carbocycles. The monoisotopic (exact) mass is 221 g/mol. The van der Waals surface area contributed by atoms with E-state index in [4.69, 9.17) is 4.74 Å². The van der Waals surface area contributed by atoms with E-state index in [0.29, 0.717) is 6.04 Å². The van der Waals surface area contributed by atoms with Crippen LogP contribution < -0.4 is 5.32 Å². The van der Waals surface area contributed by atoms with Gasteiger partial charge in [-0.3, -0.25) is 0 Å². The molecule has 16 heavy (non-hydrogen) atoms. The first kappa shape index (κ1) is 13.2. The summed E-state index contributed by atoms with van der Waals surface area (Å²) in [6, 6.07) is 8.99. The first-order valence-corrected chi connectivity index (χ1v) is 6.15. The number of ether oxygens (including phenoxy) is 1. The average molecular weight is 221 g/mol. The van der Waals surface area contributed by atoms with E-state index in [2.05, 4.69) is 43.4 Å². The fraction of sp³-hybridized carbons (Fsp3) is 0.571. The second-order valence-corrected chi connectivity index (χ2v) is 4.08. The second-order valence-electron chi connectivity index (χ2n) is 4.08. The molecule has 1 unspecified atom stereocenters. The lowest BCUT2D eigenvalue weighted by molar-refractivity contribution is 0.123. The molecule has 0 aliphatic carbocycles. The molecule has 0 amide bonds. The van der Waals surface area contributed by atoms with Gasteiger partial charge in [0.1, 0.15) is 0 Å². The lowest BCUT2D eigenvalue weighted by Crippen LogP contribution is -2.26. The van der Waals surface area contributed by atoms with Gasteiger partial charge >= 0.3 is 0 Å². The van der Waals surface area contributed by atoms with Crippen LogP contribution in [0.1, 0.15) is 37.4 Å². The van der Waals surface area contributed by atoms with E-state index in [0.717, 1.165) is 26.2 Å². The summed E-state index contributed by atoms with van der Waals surface area (Å²) in [7, 11) is 0. The minimum Gasteiger partial charge on any atom is -0.380 e. The lowest BCUT2D eigenvalue weighted by atomic mass is 10.1. The van der Waals surface area contributed by atoms with Crippen LogP contribution in [0.5, 0.6) is 0 Å². The van der Waals surface area contributed by atoms with Crippen LogP contribution in [-0.4, -0.2) is 19.8 Å². The molecule has 0 aromatic heterocycles. The van der Waals surface area contributed by atoms with Gasteiger partial charge < -0.3 is 10.1 Å². The van der Waals surface area contributed by atoms with Crippen LogP contribution in [0.15, 0.2) is 24.3 Å². The summed E-state index contributed by atoms with van der Waals surface area (Å²) in [6.45, 7) is 8.88. The van der Waals surface area contributed by atoms with Crippen molar-refractivity contribution in [2.24, 2.45) is 0 Å². The Hall–Kier alpha value is -0.860. The molecular formula is C14H23NO. The maximum Gasteiger partial charge on any atom is 0.0661 e. The summed E-state index contributed by atoms with van der Waals surface area (Å²) in [5.74, 6) is 0. The molecule has 1 atom stereocenters. The maximum absolute atomic E-state index is 5.51. The predicted molar refractivity (Wildman–Crippen MR) is 68.7 cm³/mol. The summed E-state index contributed by atoms with van der Waals surface area (Å²) in [6.07, 6.45) is 1.15. The molecule has 0 heterocycles. The number of hydrogen-bond donors (Lipinski definition) is 1. The van der Waals surface area contributed by atoms with Gasteiger partial charge in [-0.05, 0) is 32.4 Å². The van der Waals surface area contributed by atoms with Crippen LogP contribution in [0.3, 0.4) is 0 Å². The summed E-state index contributed by atoms with van der Waals surface area (Å²) in [5.41, 5.74) is 2.61. The van der Waals surface area contributed by atoms with Gasteiger partial charge in [-0.25, -0.2) is 0 Å². The van der Waals surface area contributed by atoms with Crippen LogP contribution in [0.4, 0.5) is 0 Å². The van der Waals surface area contributed by atoms with E-state index in [-0.39, 0.29) is 0 Å². The minimum absolute atomic E-state index is 0.320. The molecule has 2 heteroatoms. The highest BCUT2D eigenvalue weighted by atomic mass is 16.5. The molecule has 90 valence electrons. The van der Waals surface area contributed by atoms with Gasteiger partial charge in [0.15, 0.2) is 0 Å². The molecule has 0 spiro atoms. The van der Waals surface area contributed by atoms with Gasteiger partial charge in [-0.1, -0.05) is 36.8 Å². The smallest absolute Gasteiger partial charge is 0.0661 e. The predicted octanol–water partition coefficient (Wildman–Crippen LogP) is 3.07. The Morgan fingerprint density at radius 1 is 1.19 bits per heavy atom. The molecule has 0 saturated heterocycles. The largest absolute Gasteiger partial charge is 0.380 e. The zero-order valence-corrected chi connectivity index (χ0v) is 10.6. The summed E-state index contributed by atoms with van der Waals surface area (Å²) in [5, 5.41) is 3.51. The van der Waals surface area contributed by atoms with E-state index in [1.807, 2.05) is 6.92 Å². The standard InChI is InChI=1S/C14H23NO/c1-4-10-15-14(11-16-5-2)13-8-6-12(3)7-9-13/h6-9,14-15H,4-5,10-11H2,1-3H3.